The maximum Gasteiger partial charge on any atom is 0.170 e. The molecule has 0 radical (unpaired) electrons. The average molecular weight is 307 g/mol. The summed E-state index contributed by atoms with van der Waals surface area (Å²) in [6, 6.07) is 8.58. The molecular weight excluding hydrogens is 290 g/mol. The summed E-state index contributed by atoms with van der Waals surface area (Å²) in [5.41, 5.74) is 1.24. The quantitative estimate of drug-likeness (QED) is 0.919. The Morgan fingerprint density at radius 1 is 1.45 bits per heavy atom. The number of hydrogen-bond donors (Lipinski definition) is 1. The molecule has 1 aliphatic heterocycles. The maximum atomic E-state index is 5.89. The Morgan fingerprint density at radius 2 is 2.35 bits per heavy atom. The zero-order valence-electron chi connectivity index (χ0n) is 11.3. The lowest BCUT2D eigenvalue weighted by atomic mass is 10.00. The third-order valence-electron chi connectivity index (χ3n) is 3.24. The monoisotopic (exact) mass is 307 g/mol. The van der Waals surface area contributed by atoms with Gasteiger partial charge in [0.05, 0.1) is 11.3 Å². The number of hydrogen-bond acceptors (Lipinski definition) is 6. The third-order valence-corrected chi connectivity index (χ3v) is 5.23. The molecule has 0 saturated carbocycles. The van der Waals surface area contributed by atoms with E-state index in [4.69, 9.17) is 4.74 Å². The smallest absolute Gasteiger partial charge is 0.170 e. The number of thioether (sulfide) groups is 1. The van der Waals surface area contributed by atoms with Crippen molar-refractivity contribution in [2.45, 2.75) is 29.0 Å². The van der Waals surface area contributed by atoms with Crippen molar-refractivity contribution in [3.05, 3.63) is 36.2 Å². The number of rotatable bonds is 5. The zero-order valence-corrected chi connectivity index (χ0v) is 12.9. The van der Waals surface area contributed by atoms with E-state index in [0.717, 1.165) is 23.1 Å². The fraction of sp³-hybridized carbons (Fsp3) is 0.429. The van der Waals surface area contributed by atoms with Crippen LogP contribution in [0.5, 0.6) is 5.75 Å². The van der Waals surface area contributed by atoms with Crippen LogP contribution in [0.2, 0.25) is 0 Å². The van der Waals surface area contributed by atoms with E-state index in [1.165, 1.54) is 17.1 Å². The van der Waals surface area contributed by atoms with E-state index in [1.807, 2.05) is 12.1 Å². The number of nitrogens with one attached hydrogen (secondary N) is 1. The van der Waals surface area contributed by atoms with Crippen LogP contribution in [-0.4, -0.2) is 27.8 Å². The molecule has 0 bridgehead atoms. The molecule has 1 aromatic heterocycles. The van der Waals surface area contributed by atoms with Gasteiger partial charge in [-0.2, -0.15) is 4.37 Å². The van der Waals surface area contributed by atoms with E-state index in [0.29, 0.717) is 17.9 Å². The summed E-state index contributed by atoms with van der Waals surface area (Å²) in [4.78, 5) is 4.27. The zero-order chi connectivity index (χ0) is 13.8. The Morgan fingerprint density at radius 3 is 3.15 bits per heavy atom. The summed E-state index contributed by atoms with van der Waals surface area (Å²) in [6.45, 7) is 3.89. The van der Waals surface area contributed by atoms with Crippen LogP contribution in [0.15, 0.2) is 34.9 Å². The molecule has 2 heterocycles. The van der Waals surface area contributed by atoms with Gasteiger partial charge in [0.1, 0.15) is 18.7 Å². The van der Waals surface area contributed by atoms with Gasteiger partial charge in [0.15, 0.2) is 4.34 Å². The van der Waals surface area contributed by atoms with E-state index in [-0.39, 0.29) is 0 Å². The molecule has 3 rings (SSSR count). The van der Waals surface area contributed by atoms with Gasteiger partial charge in [-0.15, -0.1) is 0 Å². The molecule has 0 fully saturated rings. The summed E-state index contributed by atoms with van der Waals surface area (Å²) in [7, 11) is 0. The van der Waals surface area contributed by atoms with Crippen LogP contribution in [0.1, 0.15) is 24.9 Å². The van der Waals surface area contributed by atoms with E-state index in [9.17, 15) is 0 Å². The van der Waals surface area contributed by atoms with Gasteiger partial charge in [-0.3, -0.25) is 0 Å². The summed E-state index contributed by atoms with van der Waals surface area (Å²) >= 11 is 3.19. The van der Waals surface area contributed by atoms with Crippen molar-refractivity contribution in [1.82, 2.24) is 14.7 Å². The lowest BCUT2D eigenvalue weighted by Crippen LogP contribution is -2.37. The first kappa shape index (κ1) is 13.9. The van der Waals surface area contributed by atoms with Crippen LogP contribution < -0.4 is 10.1 Å². The van der Waals surface area contributed by atoms with Crippen molar-refractivity contribution in [1.29, 1.82) is 0 Å². The Hall–Kier alpha value is -1.11. The minimum Gasteiger partial charge on any atom is -0.492 e. The predicted molar refractivity (Wildman–Crippen MR) is 82.5 cm³/mol. The first-order chi connectivity index (χ1) is 9.88. The SMILES string of the molecule is CCCNC1c2ccccc2OCC1Sc1ncns1. The van der Waals surface area contributed by atoms with Crippen LogP contribution in [0.25, 0.3) is 0 Å². The lowest BCUT2D eigenvalue weighted by molar-refractivity contribution is 0.260. The van der Waals surface area contributed by atoms with Gasteiger partial charge in [0.2, 0.25) is 0 Å². The molecular formula is C14H17N3OS2. The van der Waals surface area contributed by atoms with Gasteiger partial charge in [0, 0.05) is 5.56 Å². The second-order valence-corrected chi connectivity index (χ2v) is 6.91. The van der Waals surface area contributed by atoms with Crippen molar-refractivity contribution in [3.8, 4) is 5.75 Å². The minimum atomic E-state index is 0.300. The summed E-state index contributed by atoms with van der Waals surface area (Å²) < 4.78 is 11.0. The van der Waals surface area contributed by atoms with Gasteiger partial charge >= 0.3 is 0 Å². The number of para-hydroxylation sites is 1. The largest absolute Gasteiger partial charge is 0.492 e. The Kier molecular flexibility index (Phi) is 4.54. The fourth-order valence-corrected chi connectivity index (χ4v) is 4.16. The molecule has 1 aliphatic rings. The van der Waals surface area contributed by atoms with Crippen molar-refractivity contribution < 1.29 is 4.74 Å². The van der Waals surface area contributed by atoms with E-state index in [2.05, 4.69) is 33.7 Å². The highest BCUT2D eigenvalue weighted by molar-refractivity contribution is 8.01. The summed E-state index contributed by atoms with van der Waals surface area (Å²) in [5.74, 6) is 0.996. The van der Waals surface area contributed by atoms with Crippen LogP contribution in [-0.2, 0) is 0 Å². The van der Waals surface area contributed by atoms with Crippen molar-refractivity contribution in [2.24, 2.45) is 0 Å². The molecule has 6 heteroatoms. The highest BCUT2D eigenvalue weighted by atomic mass is 32.2. The fourth-order valence-electron chi connectivity index (χ4n) is 2.33. The molecule has 2 unspecified atom stereocenters. The normalized spacial score (nSPS) is 21.2. The Balaban J connectivity index is 1.82. The molecule has 2 aromatic rings. The molecule has 0 spiro atoms. The Bertz CT molecular complexity index is 547. The average Bonchev–Trinajstić information content (AvgIpc) is 2.99. The highest BCUT2D eigenvalue weighted by Gasteiger charge is 2.31. The number of nitrogens with zero attached hydrogens (tertiary/aromatic N) is 2. The van der Waals surface area contributed by atoms with Gasteiger partial charge < -0.3 is 10.1 Å². The second kappa shape index (κ2) is 6.56. The highest BCUT2D eigenvalue weighted by Crippen LogP contribution is 2.39. The summed E-state index contributed by atoms with van der Waals surface area (Å²) in [5, 5.41) is 3.97. The second-order valence-electron chi connectivity index (χ2n) is 4.64. The van der Waals surface area contributed by atoms with Crippen molar-refractivity contribution >= 4 is 23.3 Å². The van der Waals surface area contributed by atoms with Gasteiger partial charge in [-0.1, -0.05) is 36.9 Å². The number of ether oxygens (including phenoxy) is 1. The minimum absolute atomic E-state index is 0.300. The molecule has 106 valence electrons. The van der Waals surface area contributed by atoms with Crippen LogP contribution >= 0.6 is 23.3 Å². The first-order valence-corrected chi connectivity index (χ1v) is 8.42. The molecule has 1 aromatic carbocycles. The standard InChI is InChI=1S/C14H17N3OS2/c1-2-7-15-13-10-5-3-4-6-11(10)18-8-12(13)19-14-16-9-17-20-14/h3-6,9,12-13,15H,2,7-8H2,1H3. The van der Waals surface area contributed by atoms with Gasteiger partial charge in [-0.25, -0.2) is 4.98 Å². The van der Waals surface area contributed by atoms with Crippen molar-refractivity contribution in [2.75, 3.05) is 13.2 Å². The van der Waals surface area contributed by atoms with E-state index in [1.54, 1.807) is 18.1 Å². The topological polar surface area (TPSA) is 47.0 Å². The third kappa shape index (κ3) is 2.97. The predicted octanol–water partition coefficient (Wildman–Crippen LogP) is 3.13. The maximum absolute atomic E-state index is 5.89. The summed E-state index contributed by atoms with van der Waals surface area (Å²) in [6.07, 6.45) is 2.73. The Labute approximate surface area is 127 Å². The lowest BCUT2D eigenvalue weighted by Gasteiger charge is -2.33. The number of benzene rings is 1. The van der Waals surface area contributed by atoms with Crippen LogP contribution in [0.3, 0.4) is 0 Å². The van der Waals surface area contributed by atoms with Crippen LogP contribution in [0, 0.1) is 0 Å². The van der Waals surface area contributed by atoms with Gasteiger partial charge in [-0.05, 0) is 30.6 Å². The molecule has 0 aliphatic carbocycles. The van der Waals surface area contributed by atoms with Crippen LogP contribution in [0.4, 0.5) is 0 Å². The van der Waals surface area contributed by atoms with E-state index >= 15 is 0 Å². The molecule has 4 nitrogen and oxygen atoms in total. The molecule has 0 amide bonds. The molecule has 1 N–H and O–H groups in total. The van der Waals surface area contributed by atoms with Crippen molar-refractivity contribution in [3.63, 3.8) is 0 Å². The molecule has 2 atom stereocenters. The molecule has 0 saturated heterocycles. The van der Waals surface area contributed by atoms with Gasteiger partial charge in [0.25, 0.3) is 0 Å². The number of aromatic nitrogens is 2. The number of fused-ring (bicyclic) bond motifs is 1. The molecule has 20 heavy (non-hydrogen) atoms. The first-order valence-electron chi connectivity index (χ1n) is 6.77. The van der Waals surface area contributed by atoms with E-state index < -0.39 is 0 Å².